The van der Waals surface area contributed by atoms with E-state index in [2.05, 4.69) is 156 Å². The Bertz CT molecular complexity index is 2750. The first-order valence-corrected chi connectivity index (χ1v) is 15.1. The summed E-state index contributed by atoms with van der Waals surface area (Å²) in [5.41, 5.74) is 7.87. The average molecular weight is 560 g/mol. The highest BCUT2D eigenvalue weighted by molar-refractivity contribution is 6.42. The Labute approximate surface area is 253 Å². The number of rotatable bonds is 2. The Hall–Kier alpha value is -5.86. The van der Waals surface area contributed by atoms with Gasteiger partial charge in [-0.2, -0.15) is 0 Å². The van der Waals surface area contributed by atoms with Crippen LogP contribution in [0.3, 0.4) is 0 Å². The number of fused-ring (bicyclic) bond motifs is 15. The van der Waals surface area contributed by atoms with Gasteiger partial charge < -0.3 is 8.98 Å². The van der Waals surface area contributed by atoms with Crippen molar-refractivity contribution in [2.24, 2.45) is 0 Å². The number of benzene rings is 8. The molecule has 0 aliphatic rings. The van der Waals surface area contributed by atoms with Crippen LogP contribution in [0.2, 0.25) is 0 Å². The molecule has 10 rings (SSSR count). The third kappa shape index (κ3) is 3.09. The van der Waals surface area contributed by atoms with Crippen LogP contribution in [-0.4, -0.2) is 4.57 Å². The second kappa shape index (κ2) is 8.82. The van der Waals surface area contributed by atoms with Crippen molar-refractivity contribution in [3.8, 4) is 16.8 Å². The van der Waals surface area contributed by atoms with E-state index in [1.807, 2.05) is 0 Å². The quantitative estimate of drug-likeness (QED) is 0.193. The number of nitrogens with zero attached hydrogens (tertiary/aromatic N) is 1. The molecule has 0 saturated heterocycles. The first kappa shape index (κ1) is 23.7. The van der Waals surface area contributed by atoms with Crippen LogP contribution in [0.25, 0.3) is 92.9 Å². The Morgan fingerprint density at radius 1 is 0.341 bits per heavy atom. The fraction of sp³-hybridized carbons (Fsp3) is 0. The largest absolute Gasteiger partial charge is 0.455 e. The molecular formula is C42H25NO. The molecule has 2 heteroatoms. The van der Waals surface area contributed by atoms with Gasteiger partial charge in [0.1, 0.15) is 11.2 Å². The van der Waals surface area contributed by atoms with Crippen molar-refractivity contribution in [3.63, 3.8) is 0 Å². The Kier molecular flexibility index (Phi) is 4.75. The minimum Gasteiger partial charge on any atom is -0.455 e. The van der Waals surface area contributed by atoms with Gasteiger partial charge in [0.2, 0.25) is 0 Å². The van der Waals surface area contributed by atoms with Gasteiger partial charge in [0.05, 0.1) is 11.0 Å². The van der Waals surface area contributed by atoms with Gasteiger partial charge in [-0.1, -0.05) is 133 Å². The Morgan fingerprint density at radius 2 is 0.841 bits per heavy atom. The average Bonchev–Trinajstić information content (AvgIpc) is 3.66. The normalized spacial score (nSPS) is 12.1. The molecule has 0 atom stereocenters. The Balaban J connectivity index is 1.51. The molecule has 0 amide bonds. The zero-order chi connectivity index (χ0) is 28.8. The van der Waals surface area contributed by atoms with Crippen LogP contribution in [0, 0.1) is 0 Å². The predicted molar refractivity (Wildman–Crippen MR) is 186 cm³/mol. The van der Waals surface area contributed by atoms with Crippen LogP contribution in [0.1, 0.15) is 0 Å². The maximum Gasteiger partial charge on any atom is 0.144 e. The molecule has 0 saturated carbocycles. The summed E-state index contributed by atoms with van der Waals surface area (Å²) < 4.78 is 9.20. The van der Waals surface area contributed by atoms with Gasteiger partial charge in [0.25, 0.3) is 0 Å². The van der Waals surface area contributed by atoms with Gasteiger partial charge in [-0.3, -0.25) is 0 Å². The lowest BCUT2D eigenvalue weighted by atomic mass is 9.94. The van der Waals surface area contributed by atoms with Crippen LogP contribution >= 0.6 is 0 Å². The molecule has 10 aromatic rings. The highest BCUT2D eigenvalue weighted by Gasteiger charge is 2.25. The molecule has 0 bridgehead atoms. The third-order valence-corrected chi connectivity index (χ3v) is 9.34. The number of para-hydroxylation sites is 1. The van der Waals surface area contributed by atoms with E-state index in [0.29, 0.717) is 0 Å². The topological polar surface area (TPSA) is 18.1 Å². The molecule has 0 unspecified atom stereocenters. The van der Waals surface area contributed by atoms with Crippen molar-refractivity contribution in [2.45, 2.75) is 0 Å². The van der Waals surface area contributed by atoms with E-state index in [4.69, 9.17) is 4.42 Å². The van der Waals surface area contributed by atoms with Crippen molar-refractivity contribution in [3.05, 3.63) is 152 Å². The first-order valence-electron chi connectivity index (χ1n) is 15.1. The van der Waals surface area contributed by atoms with E-state index in [1.165, 1.54) is 65.3 Å². The molecule has 204 valence electrons. The highest BCUT2D eigenvalue weighted by Crippen LogP contribution is 2.49. The van der Waals surface area contributed by atoms with Crippen molar-refractivity contribution in [1.29, 1.82) is 0 Å². The molecule has 8 aromatic carbocycles. The summed E-state index contributed by atoms with van der Waals surface area (Å²) >= 11 is 0. The molecule has 0 N–H and O–H groups in total. The lowest BCUT2D eigenvalue weighted by molar-refractivity contribution is 0.673. The smallest absolute Gasteiger partial charge is 0.144 e. The molecule has 2 heterocycles. The lowest BCUT2D eigenvalue weighted by Crippen LogP contribution is -1.96. The molecule has 2 aromatic heterocycles. The summed E-state index contributed by atoms with van der Waals surface area (Å²) in [6, 6.07) is 54.6. The second-order valence-electron chi connectivity index (χ2n) is 11.6. The highest BCUT2D eigenvalue weighted by atomic mass is 16.3. The van der Waals surface area contributed by atoms with Gasteiger partial charge in [-0.25, -0.2) is 0 Å². The number of furan rings is 1. The first-order chi connectivity index (χ1) is 21.9. The molecule has 2 nitrogen and oxygen atoms in total. The second-order valence-corrected chi connectivity index (χ2v) is 11.6. The molecule has 0 radical (unpaired) electrons. The van der Waals surface area contributed by atoms with Gasteiger partial charge >= 0.3 is 0 Å². The van der Waals surface area contributed by atoms with Crippen LogP contribution < -0.4 is 0 Å². The zero-order valence-corrected chi connectivity index (χ0v) is 23.8. The fourth-order valence-corrected chi connectivity index (χ4v) is 7.51. The summed E-state index contributed by atoms with van der Waals surface area (Å²) in [6.45, 7) is 0. The minimum absolute atomic E-state index is 0.915. The summed E-state index contributed by atoms with van der Waals surface area (Å²) in [5.74, 6) is 0. The van der Waals surface area contributed by atoms with Crippen molar-refractivity contribution in [1.82, 2.24) is 4.57 Å². The SMILES string of the molecule is c1ccc(-c2ccc(-n3c4c5ccccc5c5ccccc5c4c4c5c6ccccc6oc5c5ccccc5c43)cc2)cc1. The molecular weight excluding hydrogens is 534 g/mol. The Morgan fingerprint density at radius 3 is 1.57 bits per heavy atom. The van der Waals surface area contributed by atoms with E-state index in [9.17, 15) is 0 Å². The summed E-state index contributed by atoms with van der Waals surface area (Å²) in [7, 11) is 0. The molecule has 0 spiro atoms. The number of hydrogen-bond donors (Lipinski definition) is 0. The van der Waals surface area contributed by atoms with Crippen LogP contribution in [0.15, 0.2) is 156 Å². The molecule has 44 heavy (non-hydrogen) atoms. The summed E-state index contributed by atoms with van der Waals surface area (Å²) in [4.78, 5) is 0. The van der Waals surface area contributed by atoms with Crippen LogP contribution in [0.4, 0.5) is 0 Å². The lowest BCUT2D eigenvalue weighted by Gasteiger charge is -2.13. The van der Waals surface area contributed by atoms with Gasteiger partial charge in [0.15, 0.2) is 0 Å². The standard InChI is InChI=1S/C42H25NO/c1-2-12-26(13-3-1)27-22-24-28(25-23-27)43-40-32-17-7-5-15-30(32)29-14-4-6-16-31(29)37(40)39-38-35-20-10-11-21-36(35)44-42(38)34-19-9-8-18-33(34)41(39)43/h1-25H. The van der Waals surface area contributed by atoms with E-state index in [-0.39, 0.29) is 0 Å². The van der Waals surface area contributed by atoms with E-state index in [1.54, 1.807) is 0 Å². The number of aromatic nitrogens is 1. The van der Waals surface area contributed by atoms with Crippen LogP contribution in [0.5, 0.6) is 0 Å². The predicted octanol–water partition coefficient (Wildman–Crippen LogP) is 11.8. The van der Waals surface area contributed by atoms with Gasteiger partial charge in [-0.15, -0.1) is 0 Å². The monoisotopic (exact) mass is 559 g/mol. The van der Waals surface area contributed by atoms with Gasteiger partial charge in [0, 0.05) is 43.4 Å². The maximum absolute atomic E-state index is 6.69. The van der Waals surface area contributed by atoms with Gasteiger partial charge in [-0.05, 0) is 45.5 Å². The minimum atomic E-state index is 0.915. The van der Waals surface area contributed by atoms with E-state index in [0.717, 1.165) is 27.6 Å². The molecule has 0 aliphatic heterocycles. The van der Waals surface area contributed by atoms with E-state index < -0.39 is 0 Å². The molecule has 0 aliphatic carbocycles. The number of hydrogen-bond acceptors (Lipinski definition) is 1. The van der Waals surface area contributed by atoms with Crippen molar-refractivity contribution < 1.29 is 4.42 Å². The van der Waals surface area contributed by atoms with Crippen molar-refractivity contribution in [2.75, 3.05) is 0 Å². The fourth-order valence-electron chi connectivity index (χ4n) is 7.51. The third-order valence-electron chi connectivity index (χ3n) is 9.34. The summed E-state index contributed by atoms with van der Waals surface area (Å²) in [6.07, 6.45) is 0. The van der Waals surface area contributed by atoms with E-state index >= 15 is 0 Å². The van der Waals surface area contributed by atoms with Crippen molar-refractivity contribution >= 4 is 76.1 Å². The maximum atomic E-state index is 6.69. The zero-order valence-electron chi connectivity index (χ0n) is 23.8. The van der Waals surface area contributed by atoms with Crippen LogP contribution in [-0.2, 0) is 0 Å². The summed E-state index contributed by atoms with van der Waals surface area (Å²) in [5, 5.41) is 12.2. The molecule has 0 fully saturated rings.